The predicted octanol–water partition coefficient (Wildman–Crippen LogP) is 2.91. The van der Waals surface area contributed by atoms with E-state index in [2.05, 4.69) is 10.1 Å². The van der Waals surface area contributed by atoms with E-state index in [1.54, 1.807) is 19.9 Å². The van der Waals surface area contributed by atoms with Crippen LogP contribution in [0.2, 0.25) is 0 Å². The Morgan fingerprint density at radius 3 is 2.68 bits per heavy atom. The van der Waals surface area contributed by atoms with Crippen LogP contribution in [0.4, 0.5) is 0 Å². The number of hydrogen-bond acceptors (Lipinski definition) is 5. The summed E-state index contributed by atoms with van der Waals surface area (Å²) in [5.41, 5.74) is 2.53. The minimum absolute atomic E-state index is 0.302. The van der Waals surface area contributed by atoms with Crippen molar-refractivity contribution < 1.29 is 14.1 Å². The van der Waals surface area contributed by atoms with Crippen LogP contribution in [0.5, 0.6) is 0 Å². The van der Waals surface area contributed by atoms with Crippen LogP contribution in [-0.4, -0.2) is 16.1 Å². The number of esters is 1. The first-order chi connectivity index (χ1) is 8.99. The van der Waals surface area contributed by atoms with Crippen molar-refractivity contribution in [3.05, 3.63) is 46.6 Å². The van der Waals surface area contributed by atoms with Gasteiger partial charge in [0.15, 0.2) is 11.9 Å². The minimum atomic E-state index is -0.561. The number of carbonyl (C=O) groups is 1. The van der Waals surface area contributed by atoms with E-state index >= 15 is 0 Å². The summed E-state index contributed by atoms with van der Waals surface area (Å²) < 4.78 is 10.3. The number of benzene rings is 1. The van der Waals surface area contributed by atoms with Gasteiger partial charge >= 0.3 is 5.97 Å². The summed E-state index contributed by atoms with van der Waals surface area (Å²) in [5.74, 6) is 0.436. The highest BCUT2D eigenvalue weighted by molar-refractivity contribution is 5.91. The van der Waals surface area contributed by atoms with Crippen molar-refractivity contribution in [3.63, 3.8) is 0 Å². The molecular weight excluding hydrogens is 244 g/mol. The van der Waals surface area contributed by atoms with E-state index in [0.29, 0.717) is 17.3 Å². The molecule has 2 aromatic rings. The molecule has 1 atom stereocenters. The fraction of sp³-hybridized carbons (Fsp3) is 0.357. The summed E-state index contributed by atoms with van der Waals surface area (Å²) >= 11 is 0. The van der Waals surface area contributed by atoms with Crippen LogP contribution in [0.25, 0.3) is 0 Å². The number of aryl methyl sites for hydroxylation is 2. The molecule has 2 rings (SSSR count). The van der Waals surface area contributed by atoms with Gasteiger partial charge in [-0.3, -0.25) is 0 Å². The highest BCUT2D eigenvalue weighted by Crippen LogP contribution is 2.19. The van der Waals surface area contributed by atoms with E-state index in [1.807, 2.05) is 26.0 Å². The van der Waals surface area contributed by atoms with Gasteiger partial charge in [-0.1, -0.05) is 17.3 Å². The van der Waals surface area contributed by atoms with E-state index in [0.717, 1.165) is 11.1 Å². The zero-order valence-electron chi connectivity index (χ0n) is 11.4. The second-order valence-electron chi connectivity index (χ2n) is 4.47. The Morgan fingerprint density at radius 1 is 1.32 bits per heavy atom. The minimum Gasteiger partial charge on any atom is -0.449 e. The third-order valence-corrected chi connectivity index (χ3v) is 3.00. The van der Waals surface area contributed by atoms with E-state index < -0.39 is 6.10 Å². The third kappa shape index (κ3) is 2.81. The molecule has 0 saturated carbocycles. The second-order valence-corrected chi connectivity index (χ2v) is 4.47. The monoisotopic (exact) mass is 260 g/mol. The molecule has 1 aromatic carbocycles. The Balaban J connectivity index is 2.15. The summed E-state index contributed by atoms with van der Waals surface area (Å²) in [5, 5.41) is 3.67. The first-order valence-corrected chi connectivity index (χ1v) is 6.06. The summed E-state index contributed by atoms with van der Waals surface area (Å²) in [7, 11) is 0. The highest BCUT2D eigenvalue weighted by atomic mass is 16.6. The molecule has 0 radical (unpaired) electrons. The fourth-order valence-corrected chi connectivity index (χ4v) is 1.72. The van der Waals surface area contributed by atoms with Crippen molar-refractivity contribution in [3.8, 4) is 0 Å². The molecule has 0 aliphatic rings. The molecule has 0 N–H and O–H groups in total. The number of carbonyl (C=O) groups excluding carboxylic acids is 1. The molecule has 1 unspecified atom stereocenters. The Hall–Kier alpha value is -2.17. The number of aromatic nitrogens is 2. The molecule has 0 amide bonds. The molecular formula is C14H16N2O3. The smallest absolute Gasteiger partial charge is 0.339 e. The van der Waals surface area contributed by atoms with Crippen LogP contribution in [0.3, 0.4) is 0 Å². The molecule has 0 aliphatic carbocycles. The molecule has 19 heavy (non-hydrogen) atoms. The average Bonchev–Trinajstić information content (AvgIpc) is 2.79. The summed E-state index contributed by atoms with van der Waals surface area (Å²) in [6.45, 7) is 7.27. The van der Waals surface area contributed by atoms with Crippen molar-refractivity contribution in [1.29, 1.82) is 0 Å². The van der Waals surface area contributed by atoms with Crippen molar-refractivity contribution in [2.45, 2.75) is 33.8 Å². The van der Waals surface area contributed by atoms with Gasteiger partial charge in [0, 0.05) is 0 Å². The first kappa shape index (κ1) is 13.3. The first-order valence-electron chi connectivity index (χ1n) is 6.06. The Labute approximate surface area is 111 Å². The summed E-state index contributed by atoms with van der Waals surface area (Å²) in [6, 6.07) is 5.54. The van der Waals surface area contributed by atoms with Crippen molar-refractivity contribution in [2.75, 3.05) is 0 Å². The van der Waals surface area contributed by atoms with Gasteiger partial charge in [-0.15, -0.1) is 0 Å². The molecule has 5 heteroatoms. The van der Waals surface area contributed by atoms with Gasteiger partial charge in [0.25, 0.3) is 5.89 Å². The maximum Gasteiger partial charge on any atom is 0.339 e. The van der Waals surface area contributed by atoms with E-state index in [1.165, 1.54) is 0 Å². The lowest BCUT2D eigenvalue weighted by Crippen LogP contribution is -2.11. The fourth-order valence-electron chi connectivity index (χ4n) is 1.72. The molecule has 0 fully saturated rings. The van der Waals surface area contributed by atoms with Gasteiger partial charge in [-0.2, -0.15) is 4.98 Å². The number of hydrogen-bond donors (Lipinski definition) is 0. The molecule has 0 saturated heterocycles. The van der Waals surface area contributed by atoms with Gasteiger partial charge in [-0.05, 0) is 44.9 Å². The normalized spacial score (nSPS) is 12.2. The SMILES string of the molecule is Cc1noc(C(C)OC(=O)c2cccc(C)c2C)n1. The lowest BCUT2D eigenvalue weighted by molar-refractivity contribution is 0.0264. The van der Waals surface area contributed by atoms with E-state index in [9.17, 15) is 4.79 Å². The van der Waals surface area contributed by atoms with Crippen LogP contribution >= 0.6 is 0 Å². The maximum absolute atomic E-state index is 12.1. The van der Waals surface area contributed by atoms with Gasteiger partial charge < -0.3 is 9.26 Å². The van der Waals surface area contributed by atoms with E-state index in [4.69, 9.17) is 9.26 Å². The van der Waals surface area contributed by atoms with Crippen LogP contribution in [-0.2, 0) is 4.74 Å². The second kappa shape index (κ2) is 5.22. The van der Waals surface area contributed by atoms with Crippen LogP contribution in [0.1, 0.15) is 46.2 Å². The quantitative estimate of drug-likeness (QED) is 0.794. The Kier molecular flexibility index (Phi) is 3.64. The van der Waals surface area contributed by atoms with Gasteiger partial charge in [0.05, 0.1) is 5.56 Å². The van der Waals surface area contributed by atoms with Crippen molar-refractivity contribution in [1.82, 2.24) is 10.1 Å². The van der Waals surface area contributed by atoms with Crippen LogP contribution in [0, 0.1) is 20.8 Å². The largest absolute Gasteiger partial charge is 0.449 e. The molecule has 0 spiro atoms. The van der Waals surface area contributed by atoms with Crippen LogP contribution in [0.15, 0.2) is 22.7 Å². The van der Waals surface area contributed by atoms with Gasteiger partial charge in [-0.25, -0.2) is 4.79 Å². The molecule has 0 bridgehead atoms. The van der Waals surface area contributed by atoms with Gasteiger partial charge in [0.1, 0.15) is 0 Å². The lowest BCUT2D eigenvalue weighted by atomic mass is 10.0. The molecule has 1 aromatic heterocycles. The third-order valence-electron chi connectivity index (χ3n) is 3.00. The topological polar surface area (TPSA) is 65.2 Å². The lowest BCUT2D eigenvalue weighted by Gasteiger charge is -2.11. The van der Waals surface area contributed by atoms with Crippen molar-refractivity contribution in [2.24, 2.45) is 0 Å². The van der Waals surface area contributed by atoms with Crippen LogP contribution < -0.4 is 0 Å². The molecule has 1 heterocycles. The number of nitrogens with zero attached hydrogens (tertiary/aromatic N) is 2. The zero-order valence-corrected chi connectivity index (χ0v) is 11.4. The molecule has 5 nitrogen and oxygen atoms in total. The standard InChI is InChI=1S/C14H16N2O3/c1-8-6-5-7-12(9(8)2)14(17)18-10(3)13-15-11(4)16-19-13/h5-7,10H,1-4H3. The number of rotatable bonds is 3. The van der Waals surface area contributed by atoms with Gasteiger partial charge in [0.2, 0.25) is 0 Å². The predicted molar refractivity (Wildman–Crippen MR) is 68.8 cm³/mol. The molecule has 100 valence electrons. The highest BCUT2D eigenvalue weighted by Gasteiger charge is 2.20. The average molecular weight is 260 g/mol. The summed E-state index contributed by atoms with van der Waals surface area (Å²) in [6.07, 6.45) is -0.561. The number of ether oxygens (including phenoxy) is 1. The maximum atomic E-state index is 12.1. The van der Waals surface area contributed by atoms with Crippen molar-refractivity contribution >= 4 is 5.97 Å². The Morgan fingerprint density at radius 2 is 2.05 bits per heavy atom. The zero-order chi connectivity index (χ0) is 14.0. The van der Waals surface area contributed by atoms with E-state index in [-0.39, 0.29) is 5.97 Å². The summed E-state index contributed by atoms with van der Waals surface area (Å²) in [4.78, 5) is 16.1. The Bertz CT molecular complexity index is 604. The molecule has 0 aliphatic heterocycles.